The van der Waals surface area contributed by atoms with Crippen LogP contribution < -0.4 is 10.3 Å². The number of alkyl halides is 3. The van der Waals surface area contributed by atoms with Crippen molar-refractivity contribution in [2.24, 2.45) is 5.10 Å². The SMILES string of the molecule is CSc1nc(Cl)c(/C=N/Nc2cccc(Cl)c2C(F)(F)F)c(N2CCN(C(=O)OC(C)(C)C)C(CC#N)C2)n1. The van der Waals surface area contributed by atoms with Crippen molar-refractivity contribution < 1.29 is 22.7 Å². The summed E-state index contributed by atoms with van der Waals surface area (Å²) in [5.41, 5.74) is 0.532. The fourth-order valence-corrected chi connectivity index (χ4v) is 4.72. The number of nitrogens with zero attached hydrogens (tertiary/aromatic N) is 6. The van der Waals surface area contributed by atoms with Gasteiger partial charge in [-0.1, -0.05) is 41.0 Å². The van der Waals surface area contributed by atoms with Crippen molar-refractivity contribution >= 4 is 58.8 Å². The van der Waals surface area contributed by atoms with Gasteiger partial charge in [-0.2, -0.15) is 23.5 Å². The molecule has 9 nitrogen and oxygen atoms in total. The van der Waals surface area contributed by atoms with Gasteiger partial charge in [0, 0.05) is 19.6 Å². The number of aromatic nitrogens is 2. The highest BCUT2D eigenvalue weighted by atomic mass is 35.5. The molecule has 39 heavy (non-hydrogen) atoms. The Kier molecular flexibility index (Phi) is 9.79. The van der Waals surface area contributed by atoms with E-state index in [1.54, 1.807) is 27.0 Å². The predicted octanol–water partition coefficient (Wildman–Crippen LogP) is 6.31. The minimum atomic E-state index is -4.70. The van der Waals surface area contributed by atoms with Crippen LogP contribution in [-0.2, 0) is 10.9 Å². The molecule has 2 heterocycles. The lowest BCUT2D eigenvalue weighted by molar-refractivity contribution is -0.136. The Labute approximate surface area is 238 Å². The topological polar surface area (TPSA) is 107 Å². The van der Waals surface area contributed by atoms with Crippen molar-refractivity contribution in [2.45, 2.75) is 50.2 Å². The molecule has 1 saturated heterocycles. The molecule has 1 aromatic carbocycles. The number of amides is 1. The fraction of sp³-hybridized carbons (Fsp3) is 0.458. The van der Waals surface area contributed by atoms with Crippen LogP contribution in [0.2, 0.25) is 10.2 Å². The predicted molar refractivity (Wildman–Crippen MR) is 146 cm³/mol. The first-order chi connectivity index (χ1) is 18.2. The largest absolute Gasteiger partial charge is 0.444 e. The number of nitriles is 1. The second-order valence-electron chi connectivity index (χ2n) is 9.40. The summed E-state index contributed by atoms with van der Waals surface area (Å²) < 4.78 is 46.0. The first-order valence-corrected chi connectivity index (χ1v) is 13.6. The second kappa shape index (κ2) is 12.5. The van der Waals surface area contributed by atoms with Crippen LogP contribution >= 0.6 is 35.0 Å². The third kappa shape index (κ3) is 7.80. The second-order valence-corrected chi connectivity index (χ2v) is 10.9. The van der Waals surface area contributed by atoms with Crippen LogP contribution in [0.4, 0.5) is 29.5 Å². The van der Waals surface area contributed by atoms with Crippen molar-refractivity contribution in [3.8, 4) is 6.07 Å². The van der Waals surface area contributed by atoms with Crippen molar-refractivity contribution in [1.82, 2.24) is 14.9 Å². The van der Waals surface area contributed by atoms with E-state index in [4.69, 9.17) is 27.9 Å². The summed E-state index contributed by atoms with van der Waals surface area (Å²) in [4.78, 5) is 24.9. The molecular weight excluding hydrogens is 578 g/mol. The zero-order valence-electron chi connectivity index (χ0n) is 21.5. The van der Waals surface area contributed by atoms with Gasteiger partial charge in [0.05, 0.1) is 46.6 Å². The molecule has 15 heteroatoms. The molecule has 1 aliphatic rings. The van der Waals surface area contributed by atoms with Gasteiger partial charge in [-0.15, -0.1) is 0 Å². The lowest BCUT2D eigenvalue weighted by Crippen LogP contribution is -2.56. The van der Waals surface area contributed by atoms with Crippen molar-refractivity contribution in [3.05, 3.63) is 39.5 Å². The van der Waals surface area contributed by atoms with Crippen LogP contribution in [0.5, 0.6) is 0 Å². The van der Waals surface area contributed by atoms with Gasteiger partial charge < -0.3 is 14.5 Å². The van der Waals surface area contributed by atoms with Crippen LogP contribution in [0.25, 0.3) is 0 Å². The number of hydrogen-bond acceptors (Lipinski definition) is 9. The monoisotopic (exact) mass is 603 g/mol. The highest BCUT2D eigenvalue weighted by Gasteiger charge is 2.37. The number of piperazine rings is 1. The maximum atomic E-state index is 13.5. The summed E-state index contributed by atoms with van der Waals surface area (Å²) in [5.74, 6) is 0.360. The summed E-state index contributed by atoms with van der Waals surface area (Å²) in [6.07, 6.45) is -2.19. The molecule has 1 fully saturated rings. The third-order valence-electron chi connectivity index (χ3n) is 5.45. The Hall–Kier alpha value is -2.95. The van der Waals surface area contributed by atoms with Crippen LogP contribution in [-0.4, -0.2) is 64.7 Å². The molecular formula is C24H26Cl2F3N7O2S. The average molecular weight is 604 g/mol. The van der Waals surface area contributed by atoms with E-state index in [2.05, 4.69) is 26.6 Å². The molecule has 0 saturated carbocycles. The number of hydrazone groups is 1. The number of anilines is 2. The summed E-state index contributed by atoms with van der Waals surface area (Å²) >= 11 is 13.5. The minimum absolute atomic E-state index is 0.0310. The molecule has 0 radical (unpaired) electrons. The highest BCUT2D eigenvalue weighted by Crippen LogP contribution is 2.39. The molecule has 1 aromatic heterocycles. The Balaban J connectivity index is 1.93. The highest BCUT2D eigenvalue weighted by molar-refractivity contribution is 7.98. The van der Waals surface area contributed by atoms with E-state index in [1.165, 1.54) is 35.0 Å². The summed E-state index contributed by atoms with van der Waals surface area (Å²) in [5, 5.41) is 13.3. The van der Waals surface area contributed by atoms with Crippen molar-refractivity contribution in [1.29, 1.82) is 5.26 Å². The van der Waals surface area contributed by atoms with Gasteiger partial charge in [0.25, 0.3) is 0 Å². The van der Waals surface area contributed by atoms with Crippen LogP contribution in [0, 0.1) is 11.3 Å². The minimum Gasteiger partial charge on any atom is -0.444 e. The lowest BCUT2D eigenvalue weighted by Gasteiger charge is -2.41. The van der Waals surface area contributed by atoms with Gasteiger partial charge in [-0.3, -0.25) is 5.43 Å². The Morgan fingerprint density at radius 2 is 2.03 bits per heavy atom. The van der Waals surface area contributed by atoms with Gasteiger partial charge in [0.2, 0.25) is 0 Å². The van der Waals surface area contributed by atoms with E-state index in [9.17, 15) is 23.2 Å². The molecule has 3 rings (SSSR count). The average Bonchev–Trinajstić information content (AvgIpc) is 2.83. The molecule has 1 amide bonds. The first-order valence-electron chi connectivity index (χ1n) is 11.6. The first kappa shape index (κ1) is 30.6. The van der Waals surface area contributed by atoms with E-state index in [0.717, 1.165) is 6.07 Å². The standard InChI is InChI=1S/C24H26Cl2F3N7O2S/c1-23(2,3)38-22(37)36-11-10-35(13-14(36)8-9-30)20-15(19(26)32-21(33-20)39-4)12-31-34-17-7-5-6-16(25)18(17)24(27,28)29/h5-7,12,14,34H,8,10-11,13H2,1-4H3/b31-12+. The maximum Gasteiger partial charge on any atom is 0.419 e. The number of carbonyl (C=O) groups is 1. The molecule has 1 atom stereocenters. The van der Waals surface area contributed by atoms with E-state index < -0.39 is 34.5 Å². The number of rotatable bonds is 6. The van der Waals surface area contributed by atoms with E-state index in [1.807, 2.05) is 4.90 Å². The van der Waals surface area contributed by atoms with Crippen molar-refractivity contribution in [2.75, 3.05) is 36.2 Å². The molecule has 1 unspecified atom stereocenters. The summed E-state index contributed by atoms with van der Waals surface area (Å²) in [6.45, 7) is 6.07. The quantitative estimate of drug-likeness (QED) is 0.135. The number of hydrogen-bond donors (Lipinski definition) is 1. The van der Waals surface area contributed by atoms with Gasteiger partial charge in [0.1, 0.15) is 16.6 Å². The molecule has 0 spiro atoms. The summed E-state index contributed by atoms with van der Waals surface area (Å²) in [7, 11) is 0. The Morgan fingerprint density at radius 1 is 1.31 bits per heavy atom. The summed E-state index contributed by atoms with van der Waals surface area (Å²) in [6, 6.07) is 5.30. The molecule has 0 aliphatic carbocycles. The Bertz CT molecular complexity index is 1280. The van der Waals surface area contributed by atoms with Gasteiger partial charge in [-0.05, 0) is 39.2 Å². The zero-order chi connectivity index (χ0) is 29.0. The molecule has 210 valence electrons. The third-order valence-corrected chi connectivity index (χ3v) is 6.60. The molecule has 0 bridgehead atoms. The van der Waals surface area contributed by atoms with E-state index in [0.29, 0.717) is 17.5 Å². The maximum absolute atomic E-state index is 13.5. The number of ether oxygens (including phenoxy) is 1. The number of thioether (sulfide) groups is 1. The molecule has 1 aliphatic heterocycles. The molecule has 1 N–H and O–H groups in total. The van der Waals surface area contributed by atoms with E-state index >= 15 is 0 Å². The zero-order valence-corrected chi connectivity index (χ0v) is 23.8. The number of benzene rings is 1. The van der Waals surface area contributed by atoms with Gasteiger partial charge in [0.15, 0.2) is 5.16 Å². The Morgan fingerprint density at radius 3 is 2.64 bits per heavy atom. The van der Waals surface area contributed by atoms with Crippen LogP contribution in [0.1, 0.15) is 38.3 Å². The lowest BCUT2D eigenvalue weighted by atomic mass is 10.1. The molecule has 2 aromatic rings. The van der Waals surface area contributed by atoms with Crippen LogP contribution in [0.3, 0.4) is 0 Å². The number of carbonyl (C=O) groups excluding carboxylic acids is 1. The smallest absolute Gasteiger partial charge is 0.419 e. The fourth-order valence-electron chi connectivity index (χ4n) is 3.82. The van der Waals surface area contributed by atoms with Gasteiger partial charge >= 0.3 is 12.3 Å². The normalized spacial score (nSPS) is 16.4. The van der Waals surface area contributed by atoms with Gasteiger partial charge in [-0.25, -0.2) is 14.8 Å². The number of halogens is 5. The van der Waals surface area contributed by atoms with E-state index in [-0.39, 0.29) is 35.9 Å². The van der Waals surface area contributed by atoms with Crippen molar-refractivity contribution in [3.63, 3.8) is 0 Å². The number of nitrogens with one attached hydrogen (secondary N) is 1. The van der Waals surface area contributed by atoms with Crippen LogP contribution in [0.15, 0.2) is 28.5 Å².